The third kappa shape index (κ3) is 5.90. The maximum Gasteiger partial charge on any atom is 0.0697 e. The number of hydrogen-bond acceptors (Lipinski definition) is 4. The number of nitrogens with one attached hydrogen (secondary N) is 2. The van der Waals surface area contributed by atoms with Crippen molar-refractivity contribution >= 4 is 0 Å². The molecule has 1 saturated carbocycles. The minimum Gasteiger partial charge on any atom is -0.385 e. The Labute approximate surface area is 141 Å². The van der Waals surface area contributed by atoms with Gasteiger partial charge in [0, 0.05) is 51.0 Å². The van der Waals surface area contributed by atoms with E-state index in [1.54, 1.807) is 7.11 Å². The van der Waals surface area contributed by atoms with Gasteiger partial charge in [-0.2, -0.15) is 5.10 Å². The monoisotopic (exact) mass is 322 g/mol. The molecule has 2 N–H and O–H groups in total. The number of aromatic amines is 1. The highest BCUT2D eigenvalue weighted by atomic mass is 16.5. The van der Waals surface area contributed by atoms with Crippen LogP contribution < -0.4 is 5.32 Å². The van der Waals surface area contributed by atoms with Gasteiger partial charge in [-0.05, 0) is 58.5 Å². The van der Waals surface area contributed by atoms with E-state index in [9.17, 15) is 0 Å². The SMILES string of the molecule is CNCCN(C)Cc1c[nH]nc1[C@H]1CC[C@@H](CCCOC)CC1. The molecular weight excluding hydrogens is 288 g/mol. The molecule has 23 heavy (non-hydrogen) atoms. The zero-order valence-electron chi connectivity index (χ0n) is 15.1. The molecule has 1 aromatic rings. The molecule has 0 unspecified atom stereocenters. The molecule has 0 atom stereocenters. The van der Waals surface area contributed by atoms with Crippen LogP contribution >= 0.6 is 0 Å². The first-order chi connectivity index (χ1) is 11.2. The Morgan fingerprint density at radius 1 is 1.35 bits per heavy atom. The van der Waals surface area contributed by atoms with Crippen LogP contribution in [0.2, 0.25) is 0 Å². The molecule has 0 aromatic carbocycles. The highest BCUT2D eigenvalue weighted by molar-refractivity contribution is 5.21. The summed E-state index contributed by atoms with van der Waals surface area (Å²) in [5, 5.41) is 10.9. The Hall–Kier alpha value is -0.910. The molecule has 1 aromatic heterocycles. The van der Waals surface area contributed by atoms with Crippen LogP contribution in [0.5, 0.6) is 0 Å². The molecule has 1 aliphatic carbocycles. The van der Waals surface area contributed by atoms with Gasteiger partial charge < -0.3 is 15.0 Å². The predicted octanol–water partition coefficient (Wildman–Crippen LogP) is 2.76. The first-order valence-electron chi connectivity index (χ1n) is 9.09. The fourth-order valence-electron chi connectivity index (χ4n) is 3.72. The van der Waals surface area contributed by atoms with E-state index in [1.807, 2.05) is 7.05 Å². The van der Waals surface area contributed by atoms with Gasteiger partial charge in [0.2, 0.25) is 0 Å². The number of likely N-dealkylation sites (N-methyl/N-ethyl adjacent to an activating group) is 2. The lowest BCUT2D eigenvalue weighted by molar-refractivity contribution is 0.180. The molecular formula is C18H34N4O. The Morgan fingerprint density at radius 2 is 2.13 bits per heavy atom. The van der Waals surface area contributed by atoms with E-state index in [0.717, 1.165) is 32.2 Å². The van der Waals surface area contributed by atoms with Crippen molar-refractivity contribution in [1.82, 2.24) is 20.4 Å². The van der Waals surface area contributed by atoms with Crippen LogP contribution in [0.15, 0.2) is 6.20 Å². The van der Waals surface area contributed by atoms with E-state index in [0.29, 0.717) is 5.92 Å². The largest absolute Gasteiger partial charge is 0.385 e. The summed E-state index contributed by atoms with van der Waals surface area (Å²) in [5.41, 5.74) is 2.70. The van der Waals surface area contributed by atoms with E-state index in [-0.39, 0.29) is 0 Å². The van der Waals surface area contributed by atoms with E-state index < -0.39 is 0 Å². The van der Waals surface area contributed by atoms with Crippen molar-refractivity contribution in [2.45, 2.75) is 51.0 Å². The summed E-state index contributed by atoms with van der Waals surface area (Å²) < 4.78 is 5.17. The summed E-state index contributed by atoms with van der Waals surface area (Å²) in [6.45, 7) is 3.98. The first kappa shape index (κ1) is 18.4. The predicted molar refractivity (Wildman–Crippen MR) is 94.7 cm³/mol. The Morgan fingerprint density at radius 3 is 2.83 bits per heavy atom. The quantitative estimate of drug-likeness (QED) is 0.650. The molecule has 0 aliphatic heterocycles. The lowest BCUT2D eigenvalue weighted by atomic mass is 9.78. The minimum absolute atomic E-state index is 0.646. The average molecular weight is 322 g/mol. The van der Waals surface area contributed by atoms with Crippen molar-refractivity contribution in [3.63, 3.8) is 0 Å². The lowest BCUT2D eigenvalue weighted by Gasteiger charge is -2.28. The van der Waals surface area contributed by atoms with E-state index in [1.165, 1.54) is 49.8 Å². The van der Waals surface area contributed by atoms with Gasteiger partial charge in [0.15, 0.2) is 0 Å². The maximum atomic E-state index is 5.17. The van der Waals surface area contributed by atoms with Crippen molar-refractivity contribution in [2.24, 2.45) is 5.92 Å². The van der Waals surface area contributed by atoms with Gasteiger partial charge in [-0.1, -0.05) is 0 Å². The molecule has 1 heterocycles. The molecule has 0 saturated heterocycles. The van der Waals surface area contributed by atoms with Crippen molar-refractivity contribution in [2.75, 3.05) is 40.9 Å². The molecule has 132 valence electrons. The Balaban J connectivity index is 1.81. The zero-order chi connectivity index (χ0) is 16.5. The molecule has 0 bridgehead atoms. The van der Waals surface area contributed by atoms with Crippen LogP contribution in [0, 0.1) is 5.92 Å². The van der Waals surface area contributed by atoms with Crippen LogP contribution in [0.25, 0.3) is 0 Å². The van der Waals surface area contributed by atoms with E-state index in [2.05, 4.69) is 33.7 Å². The zero-order valence-corrected chi connectivity index (χ0v) is 15.1. The van der Waals surface area contributed by atoms with Gasteiger partial charge in [0.25, 0.3) is 0 Å². The topological polar surface area (TPSA) is 53.2 Å². The second-order valence-electron chi connectivity index (χ2n) is 6.99. The molecule has 1 fully saturated rings. The molecule has 1 aliphatic rings. The standard InChI is InChI=1S/C18H34N4O/c1-19-10-11-22(2)14-17-13-20-21-18(17)16-8-6-15(7-9-16)5-4-12-23-3/h13,15-16,19H,4-12,14H2,1-3H3,(H,20,21)/t15-,16+. The van der Waals surface area contributed by atoms with Crippen molar-refractivity contribution in [3.05, 3.63) is 17.5 Å². The molecule has 5 heteroatoms. The van der Waals surface area contributed by atoms with E-state index in [4.69, 9.17) is 4.74 Å². The average Bonchev–Trinajstić information content (AvgIpc) is 3.02. The van der Waals surface area contributed by atoms with Gasteiger partial charge in [-0.25, -0.2) is 0 Å². The van der Waals surface area contributed by atoms with Crippen LogP contribution in [-0.2, 0) is 11.3 Å². The summed E-state index contributed by atoms with van der Waals surface area (Å²) >= 11 is 0. The van der Waals surface area contributed by atoms with Gasteiger partial charge >= 0.3 is 0 Å². The highest BCUT2D eigenvalue weighted by Crippen LogP contribution is 2.38. The summed E-state index contributed by atoms with van der Waals surface area (Å²) in [4.78, 5) is 2.36. The third-order valence-corrected chi connectivity index (χ3v) is 5.13. The van der Waals surface area contributed by atoms with Gasteiger partial charge in [-0.3, -0.25) is 5.10 Å². The maximum absolute atomic E-state index is 5.17. The molecule has 0 radical (unpaired) electrons. The first-order valence-corrected chi connectivity index (χ1v) is 9.09. The smallest absolute Gasteiger partial charge is 0.0697 e. The van der Waals surface area contributed by atoms with Gasteiger partial charge in [0.1, 0.15) is 0 Å². The number of nitrogens with zero attached hydrogens (tertiary/aromatic N) is 2. The third-order valence-electron chi connectivity index (χ3n) is 5.13. The van der Waals surface area contributed by atoms with Crippen LogP contribution in [0.4, 0.5) is 0 Å². The number of aromatic nitrogens is 2. The number of H-pyrrole nitrogens is 1. The second kappa shape index (κ2) is 10.1. The normalized spacial score (nSPS) is 21.9. The van der Waals surface area contributed by atoms with Crippen molar-refractivity contribution in [3.8, 4) is 0 Å². The molecule has 0 amide bonds. The van der Waals surface area contributed by atoms with Crippen LogP contribution in [0.1, 0.15) is 55.7 Å². The Kier molecular flexibility index (Phi) is 8.06. The number of ether oxygens (including phenoxy) is 1. The summed E-state index contributed by atoms with van der Waals surface area (Å²) in [6.07, 6.45) is 9.88. The summed E-state index contributed by atoms with van der Waals surface area (Å²) in [5.74, 6) is 1.54. The number of methoxy groups -OCH3 is 1. The van der Waals surface area contributed by atoms with Crippen molar-refractivity contribution < 1.29 is 4.74 Å². The lowest BCUT2D eigenvalue weighted by Crippen LogP contribution is -2.27. The van der Waals surface area contributed by atoms with E-state index >= 15 is 0 Å². The second-order valence-corrected chi connectivity index (χ2v) is 6.99. The van der Waals surface area contributed by atoms with Crippen LogP contribution in [-0.4, -0.2) is 56.0 Å². The summed E-state index contributed by atoms with van der Waals surface area (Å²) in [7, 11) is 5.98. The molecule has 0 spiro atoms. The highest BCUT2D eigenvalue weighted by Gasteiger charge is 2.25. The molecule has 2 rings (SSSR count). The van der Waals surface area contributed by atoms with Crippen LogP contribution in [0.3, 0.4) is 0 Å². The fourth-order valence-corrected chi connectivity index (χ4v) is 3.72. The summed E-state index contributed by atoms with van der Waals surface area (Å²) in [6, 6.07) is 0. The fraction of sp³-hybridized carbons (Fsp3) is 0.833. The number of hydrogen-bond donors (Lipinski definition) is 2. The van der Waals surface area contributed by atoms with Crippen molar-refractivity contribution in [1.29, 1.82) is 0 Å². The van der Waals surface area contributed by atoms with Gasteiger partial charge in [-0.15, -0.1) is 0 Å². The Bertz CT molecular complexity index is 426. The molecule has 5 nitrogen and oxygen atoms in total. The number of rotatable bonds is 10. The van der Waals surface area contributed by atoms with Gasteiger partial charge in [0.05, 0.1) is 5.69 Å². The minimum atomic E-state index is 0.646.